The van der Waals surface area contributed by atoms with Crippen LogP contribution in [-0.2, 0) is 16.6 Å². The van der Waals surface area contributed by atoms with Gasteiger partial charge < -0.3 is 10.1 Å². The number of rotatable bonds is 9. The Hall–Kier alpha value is -3.53. The molecule has 0 unspecified atom stereocenters. The maximum atomic E-state index is 12.5. The van der Waals surface area contributed by atoms with Gasteiger partial charge in [0.15, 0.2) is 0 Å². The Morgan fingerprint density at radius 3 is 2.66 bits per heavy atom. The molecule has 1 aromatic carbocycles. The molecule has 1 aliphatic carbocycles. The molecule has 0 aliphatic heterocycles. The Morgan fingerprint density at radius 1 is 1.16 bits per heavy atom. The van der Waals surface area contributed by atoms with Crippen molar-refractivity contribution >= 4 is 21.6 Å². The molecule has 166 valence electrons. The Balaban J connectivity index is 1.37. The van der Waals surface area contributed by atoms with E-state index in [-0.39, 0.29) is 17.7 Å². The van der Waals surface area contributed by atoms with Crippen molar-refractivity contribution in [2.45, 2.75) is 31.6 Å². The fourth-order valence-corrected chi connectivity index (χ4v) is 4.41. The number of hydrogen-bond donors (Lipinski definition) is 2. The third-order valence-corrected chi connectivity index (χ3v) is 6.69. The second-order valence-electron chi connectivity index (χ2n) is 7.32. The first-order chi connectivity index (χ1) is 15.4. The van der Waals surface area contributed by atoms with Crippen LogP contribution >= 0.6 is 0 Å². The molecule has 0 atom stereocenters. The quantitative estimate of drug-likeness (QED) is 0.511. The van der Waals surface area contributed by atoms with Gasteiger partial charge in [-0.25, -0.2) is 13.4 Å². The highest BCUT2D eigenvalue weighted by Crippen LogP contribution is 2.29. The van der Waals surface area contributed by atoms with Crippen LogP contribution in [0.5, 0.6) is 5.88 Å². The van der Waals surface area contributed by atoms with Crippen molar-refractivity contribution < 1.29 is 17.9 Å². The fraction of sp³-hybridized carbons (Fsp3) is 0.273. The maximum absolute atomic E-state index is 12.5. The van der Waals surface area contributed by atoms with Crippen LogP contribution in [0.25, 0.3) is 11.3 Å². The Morgan fingerprint density at radius 2 is 1.94 bits per heavy atom. The number of nitrogens with zero attached hydrogens (tertiary/aromatic N) is 3. The van der Waals surface area contributed by atoms with Gasteiger partial charge in [0.05, 0.1) is 47.9 Å². The second-order valence-corrected chi connectivity index (χ2v) is 9.28. The van der Waals surface area contributed by atoms with Gasteiger partial charge in [-0.05, 0) is 44.0 Å². The molecular weight excluding hydrogens is 430 g/mol. The number of ether oxygens (including phenoxy) is 1. The molecule has 0 saturated heterocycles. The first kappa shape index (κ1) is 21.7. The minimum Gasteiger partial charge on any atom is -0.477 e. The number of amides is 1. The van der Waals surface area contributed by atoms with Crippen molar-refractivity contribution in [1.29, 1.82) is 0 Å². The molecule has 1 fully saturated rings. The molecule has 1 amide bonds. The number of aromatic nitrogens is 3. The van der Waals surface area contributed by atoms with Crippen molar-refractivity contribution in [3.63, 3.8) is 0 Å². The molecule has 10 heteroatoms. The molecular formula is C22H23N5O4S. The van der Waals surface area contributed by atoms with Gasteiger partial charge in [-0.1, -0.05) is 12.1 Å². The van der Waals surface area contributed by atoms with Crippen molar-refractivity contribution in [3.8, 4) is 17.1 Å². The summed E-state index contributed by atoms with van der Waals surface area (Å²) < 4.78 is 32.1. The first-order valence-electron chi connectivity index (χ1n) is 10.2. The smallest absolute Gasteiger partial charge is 0.251 e. The van der Waals surface area contributed by atoms with E-state index in [0.29, 0.717) is 48.0 Å². The molecule has 0 radical (unpaired) electrons. The van der Waals surface area contributed by atoms with Gasteiger partial charge in [-0.2, -0.15) is 0 Å². The Bertz CT molecular complexity index is 1210. The summed E-state index contributed by atoms with van der Waals surface area (Å²) in [5, 5.41) is 2.49. The van der Waals surface area contributed by atoms with Gasteiger partial charge in [-0.3, -0.25) is 19.5 Å². The average Bonchev–Trinajstić information content (AvgIpc) is 3.64. The molecule has 0 bridgehead atoms. The van der Waals surface area contributed by atoms with Crippen LogP contribution in [0.3, 0.4) is 0 Å². The predicted molar refractivity (Wildman–Crippen MR) is 120 cm³/mol. The minimum atomic E-state index is -3.35. The van der Waals surface area contributed by atoms with Crippen LogP contribution in [0, 0.1) is 0 Å². The third kappa shape index (κ3) is 5.38. The van der Waals surface area contributed by atoms with Crippen LogP contribution < -0.4 is 14.8 Å². The van der Waals surface area contributed by atoms with E-state index in [1.165, 1.54) is 6.20 Å². The molecule has 3 aromatic rings. The number of carbonyl (C=O) groups excluding carboxylic acids is 1. The summed E-state index contributed by atoms with van der Waals surface area (Å²) >= 11 is 0. The molecule has 0 spiro atoms. The van der Waals surface area contributed by atoms with Crippen LogP contribution in [0.2, 0.25) is 0 Å². The second kappa shape index (κ2) is 9.31. The molecule has 9 nitrogen and oxygen atoms in total. The van der Waals surface area contributed by atoms with Gasteiger partial charge in [-0.15, -0.1) is 0 Å². The zero-order chi connectivity index (χ0) is 22.6. The molecule has 2 aromatic heterocycles. The highest BCUT2D eigenvalue weighted by molar-refractivity contribution is 7.93. The number of benzene rings is 1. The lowest BCUT2D eigenvalue weighted by molar-refractivity contribution is 0.0950. The zero-order valence-electron chi connectivity index (χ0n) is 17.5. The Labute approximate surface area is 186 Å². The minimum absolute atomic E-state index is 0.168. The lowest BCUT2D eigenvalue weighted by atomic mass is 10.1. The summed E-state index contributed by atoms with van der Waals surface area (Å²) in [4.78, 5) is 25.2. The zero-order valence-corrected chi connectivity index (χ0v) is 18.3. The van der Waals surface area contributed by atoms with E-state index in [1.54, 1.807) is 48.8 Å². The van der Waals surface area contributed by atoms with Crippen LogP contribution in [0.15, 0.2) is 55.0 Å². The largest absolute Gasteiger partial charge is 0.477 e. The van der Waals surface area contributed by atoms with E-state index >= 15 is 0 Å². The third-order valence-electron chi connectivity index (χ3n) is 4.82. The number of carbonyl (C=O) groups is 1. The summed E-state index contributed by atoms with van der Waals surface area (Å²) in [5.74, 6) is 0.178. The molecule has 1 aliphatic rings. The first-order valence-corrected chi connectivity index (χ1v) is 11.8. The van der Waals surface area contributed by atoms with Gasteiger partial charge in [0.1, 0.15) is 0 Å². The molecule has 4 rings (SSSR count). The number of anilines is 1. The highest BCUT2D eigenvalue weighted by Gasteiger charge is 2.35. The number of sulfonamides is 1. The van der Waals surface area contributed by atoms with E-state index < -0.39 is 10.0 Å². The van der Waals surface area contributed by atoms with Crippen LogP contribution in [0.4, 0.5) is 5.69 Å². The number of nitrogens with one attached hydrogen (secondary N) is 2. The standard InChI is InChI=1S/C22H23N5O4S/c1-2-31-21-14-23-13-20(26-21)15-3-5-16(6-4-15)22(28)25-12-18-11-17(9-10-24-18)27-32(29,30)19-7-8-19/h3-6,9-11,13-14,19H,2,7-8,12H2,1H3,(H,24,27)(H,25,28). The van der Waals surface area contributed by atoms with Gasteiger partial charge >= 0.3 is 0 Å². The fourth-order valence-electron chi connectivity index (χ4n) is 3.03. The highest BCUT2D eigenvalue weighted by atomic mass is 32.2. The van der Waals surface area contributed by atoms with Crippen molar-refractivity contribution in [3.05, 3.63) is 66.2 Å². The van der Waals surface area contributed by atoms with E-state index in [1.807, 2.05) is 6.92 Å². The van der Waals surface area contributed by atoms with Crippen LogP contribution in [0.1, 0.15) is 35.8 Å². The van der Waals surface area contributed by atoms with E-state index in [0.717, 1.165) is 5.56 Å². The summed E-state index contributed by atoms with van der Waals surface area (Å²) in [7, 11) is -3.35. The monoisotopic (exact) mass is 453 g/mol. The Kier molecular flexibility index (Phi) is 6.31. The topological polar surface area (TPSA) is 123 Å². The van der Waals surface area contributed by atoms with Gasteiger partial charge in [0, 0.05) is 17.3 Å². The van der Waals surface area contributed by atoms with Crippen LogP contribution in [-0.4, -0.2) is 41.1 Å². The maximum Gasteiger partial charge on any atom is 0.251 e. The lowest BCUT2D eigenvalue weighted by Crippen LogP contribution is -2.23. The summed E-state index contributed by atoms with van der Waals surface area (Å²) in [6.07, 6.45) is 6.07. The average molecular weight is 454 g/mol. The number of hydrogen-bond acceptors (Lipinski definition) is 7. The molecule has 1 saturated carbocycles. The van der Waals surface area contributed by atoms with E-state index in [4.69, 9.17) is 4.74 Å². The predicted octanol–water partition coefficient (Wildman–Crippen LogP) is 2.77. The van der Waals surface area contributed by atoms with Crippen molar-refractivity contribution in [1.82, 2.24) is 20.3 Å². The normalized spacial score (nSPS) is 13.4. The number of pyridine rings is 1. The summed E-state index contributed by atoms with van der Waals surface area (Å²) in [5.41, 5.74) is 2.93. The van der Waals surface area contributed by atoms with Crippen molar-refractivity contribution in [2.24, 2.45) is 0 Å². The summed E-state index contributed by atoms with van der Waals surface area (Å²) in [6, 6.07) is 10.2. The summed E-state index contributed by atoms with van der Waals surface area (Å²) in [6.45, 7) is 2.54. The lowest BCUT2D eigenvalue weighted by Gasteiger charge is -2.09. The molecule has 2 N–H and O–H groups in total. The van der Waals surface area contributed by atoms with Crippen molar-refractivity contribution in [2.75, 3.05) is 11.3 Å². The van der Waals surface area contributed by atoms with E-state index in [2.05, 4.69) is 25.0 Å². The van der Waals surface area contributed by atoms with Gasteiger partial charge in [0.2, 0.25) is 15.9 Å². The molecule has 2 heterocycles. The SMILES string of the molecule is CCOc1cncc(-c2ccc(C(=O)NCc3cc(NS(=O)(=O)C4CC4)ccn3)cc2)n1. The molecule has 32 heavy (non-hydrogen) atoms. The van der Waals surface area contributed by atoms with Gasteiger partial charge in [0.25, 0.3) is 5.91 Å². The van der Waals surface area contributed by atoms with E-state index in [9.17, 15) is 13.2 Å².